The molecule has 1 aliphatic rings. The van der Waals surface area contributed by atoms with Crippen molar-refractivity contribution in [2.45, 2.75) is 154 Å². The number of hydrogen-bond acceptors (Lipinski definition) is 13. The third-order valence-electron chi connectivity index (χ3n) is 11.3. The molecule has 0 bridgehead atoms. The predicted octanol–water partition coefficient (Wildman–Crippen LogP) is -1.50. The van der Waals surface area contributed by atoms with Crippen LogP contribution in [0, 0.1) is 11.8 Å². The Morgan fingerprint density at radius 2 is 1.24 bits per heavy atom. The number of aliphatic hydroxyl groups excluding tert-OH is 2. The van der Waals surface area contributed by atoms with Crippen LogP contribution >= 0.6 is 12.6 Å². The summed E-state index contributed by atoms with van der Waals surface area (Å²) in [7, 11) is 0. The van der Waals surface area contributed by atoms with Gasteiger partial charge in [0.2, 0.25) is 47.3 Å². The lowest BCUT2D eigenvalue weighted by Gasteiger charge is -2.33. The van der Waals surface area contributed by atoms with Crippen LogP contribution in [0.3, 0.4) is 0 Å². The van der Waals surface area contributed by atoms with Crippen molar-refractivity contribution in [1.82, 2.24) is 47.4 Å². The summed E-state index contributed by atoms with van der Waals surface area (Å²) in [6.07, 6.45) is 1.40. The number of hydrogen-bond donors (Lipinski definition) is 12. The first-order chi connectivity index (χ1) is 31.5. The smallest absolute Gasteiger partial charge is 0.327 e. The van der Waals surface area contributed by atoms with Crippen molar-refractivity contribution >= 4 is 65.9 Å². The average Bonchev–Trinajstić information content (AvgIpc) is 3.74. The maximum atomic E-state index is 14.0. The van der Waals surface area contributed by atoms with Gasteiger partial charge in [-0.15, -0.1) is 0 Å². The van der Waals surface area contributed by atoms with E-state index < -0.39 is 132 Å². The first-order valence-corrected chi connectivity index (χ1v) is 23.5. The Bertz CT molecular complexity index is 1840. The van der Waals surface area contributed by atoms with Crippen LogP contribution in [0.4, 0.5) is 0 Å². The van der Waals surface area contributed by atoms with Gasteiger partial charge in [-0.25, -0.2) is 4.79 Å². The molecule has 11 N–H and O–H groups in total. The second kappa shape index (κ2) is 28.8. The van der Waals surface area contributed by atoms with E-state index in [0.29, 0.717) is 32.2 Å². The molecule has 0 aromatic heterocycles. The Morgan fingerprint density at radius 3 is 1.78 bits per heavy atom. The number of aliphatic hydroxyl groups is 2. The number of carboxylic acid groups (broad SMARTS) is 1. The summed E-state index contributed by atoms with van der Waals surface area (Å²) in [6, 6.07) is -0.750. The number of carboxylic acids is 1. The molecule has 0 saturated carbocycles. The van der Waals surface area contributed by atoms with E-state index in [2.05, 4.69) is 55.2 Å². The maximum absolute atomic E-state index is 14.0. The molecule has 1 saturated heterocycles. The molecule has 376 valence electrons. The molecule has 10 atom stereocenters. The van der Waals surface area contributed by atoms with Crippen LogP contribution < -0.4 is 42.5 Å². The van der Waals surface area contributed by atoms with Gasteiger partial charge in [0.05, 0.1) is 24.8 Å². The number of likely N-dealkylation sites (tertiary alicyclic amines) is 1. The predicted molar refractivity (Wildman–Crippen MR) is 251 cm³/mol. The second-order valence-corrected chi connectivity index (χ2v) is 18.0. The molecule has 21 nitrogen and oxygen atoms in total. The number of nitrogens with one attached hydrogen (secondary N) is 8. The zero-order valence-electron chi connectivity index (χ0n) is 39.8. The van der Waals surface area contributed by atoms with Gasteiger partial charge >= 0.3 is 5.97 Å². The lowest BCUT2D eigenvalue weighted by atomic mass is 9.98. The lowest BCUT2D eigenvalue weighted by molar-refractivity contribution is -0.141. The van der Waals surface area contributed by atoms with Crippen LogP contribution in [0.1, 0.15) is 93.1 Å². The SMILES string of the molecule is CCCC[C@H](NC(=O)[C@@H](NC(=O)[C@@H](NC(=O)C1CCCN1CC(O)C(Cc1ccccc1)NC(=O)[C@H](C)NC(=O)[C@H](C)NC(=O)[C@H](CO)NC(C)=O)C(C)C)C(C)C)C(=O)N[C@@H](CS)C(=O)O. The number of benzene rings is 1. The normalized spacial score (nSPS) is 17.8. The average molecular weight is 964 g/mol. The van der Waals surface area contributed by atoms with Gasteiger partial charge in [0.15, 0.2) is 0 Å². The van der Waals surface area contributed by atoms with Crippen molar-refractivity contribution in [1.29, 1.82) is 0 Å². The molecule has 8 amide bonds. The molecule has 0 aliphatic carbocycles. The Morgan fingerprint density at radius 1 is 0.701 bits per heavy atom. The van der Waals surface area contributed by atoms with Crippen LogP contribution in [-0.4, -0.2) is 159 Å². The second-order valence-electron chi connectivity index (χ2n) is 17.7. The van der Waals surface area contributed by atoms with Gasteiger partial charge in [-0.2, -0.15) is 12.6 Å². The summed E-state index contributed by atoms with van der Waals surface area (Å²) >= 11 is 4.00. The molecule has 1 aromatic carbocycles. The summed E-state index contributed by atoms with van der Waals surface area (Å²) in [5, 5.41) is 51.3. The number of aliphatic carboxylic acids is 1. The van der Waals surface area contributed by atoms with Gasteiger partial charge in [0.25, 0.3) is 0 Å². The van der Waals surface area contributed by atoms with E-state index in [1.807, 2.05) is 25.1 Å². The topological polar surface area (TPSA) is 314 Å². The largest absolute Gasteiger partial charge is 0.480 e. The number of carbonyl (C=O) groups is 9. The maximum Gasteiger partial charge on any atom is 0.327 e. The molecule has 1 heterocycles. The zero-order chi connectivity index (χ0) is 50.5. The summed E-state index contributed by atoms with van der Waals surface area (Å²) in [4.78, 5) is 118. The minimum absolute atomic E-state index is 0.0535. The Labute approximate surface area is 398 Å². The summed E-state index contributed by atoms with van der Waals surface area (Å²) in [6.45, 7) is 12.4. The van der Waals surface area contributed by atoms with E-state index >= 15 is 0 Å². The van der Waals surface area contributed by atoms with E-state index in [1.54, 1.807) is 44.7 Å². The molecule has 2 rings (SSSR count). The van der Waals surface area contributed by atoms with Crippen molar-refractivity contribution in [3.05, 3.63) is 35.9 Å². The van der Waals surface area contributed by atoms with Crippen LogP contribution in [-0.2, 0) is 49.6 Å². The van der Waals surface area contributed by atoms with Crippen molar-refractivity contribution in [3.8, 4) is 0 Å². The highest BCUT2D eigenvalue weighted by Crippen LogP contribution is 2.20. The minimum Gasteiger partial charge on any atom is -0.480 e. The first kappa shape index (κ1) is 57.8. The van der Waals surface area contributed by atoms with Gasteiger partial charge in [0, 0.05) is 19.2 Å². The molecule has 1 aliphatic heterocycles. The van der Waals surface area contributed by atoms with Gasteiger partial charge in [0.1, 0.15) is 42.3 Å². The van der Waals surface area contributed by atoms with Gasteiger partial charge in [-0.3, -0.25) is 43.3 Å². The van der Waals surface area contributed by atoms with Gasteiger partial charge in [-0.05, 0) is 63.5 Å². The number of nitrogens with zero attached hydrogens (tertiary/aromatic N) is 1. The molecule has 0 radical (unpaired) electrons. The van der Waals surface area contributed by atoms with Crippen LogP contribution in [0.15, 0.2) is 30.3 Å². The van der Waals surface area contributed by atoms with E-state index in [0.717, 1.165) is 5.56 Å². The summed E-state index contributed by atoms with van der Waals surface area (Å²) in [5.74, 6) is -7.56. The molecule has 1 aromatic rings. The fourth-order valence-corrected chi connectivity index (χ4v) is 7.60. The van der Waals surface area contributed by atoms with Gasteiger partial charge in [-0.1, -0.05) is 77.8 Å². The fraction of sp³-hybridized carbons (Fsp3) is 0.667. The van der Waals surface area contributed by atoms with Crippen LogP contribution in [0.5, 0.6) is 0 Å². The Hall–Kier alpha value is -5.32. The number of amides is 8. The lowest BCUT2D eigenvalue weighted by Crippen LogP contribution is -2.61. The number of thiol groups is 1. The zero-order valence-corrected chi connectivity index (χ0v) is 40.7. The Kier molecular flexibility index (Phi) is 24.8. The number of β-amino-alcohol motifs (C(OH)–C–C–N with tert-alkyl or cyclic N) is 1. The highest BCUT2D eigenvalue weighted by atomic mass is 32.1. The van der Waals surface area contributed by atoms with Crippen molar-refractivity contribution in [3.63, 3.8) is 0 Å². The van der Waals surface area contributed by atoms with E-state index in [1.165, 1.54) is 20.8 Å². The molecule has 22 heteroatoms. The molecule has 0 spiro atoms. The minimum atomic E-state index is -1.28. The summed E-state index contributed by atoms with van der Waals surface area (Å²) in [5.41, 5.74) is 0.785. The van der Waals surface area contributed by atoms with Gasteiger partial charge < -0.3 is 57.9 Å². The van der Waals surface area contributed by atoms with E-state index in [4.69, 9.17) is 0 Å². The van der Waals surface area contributed by atoms with Crippen LogP contribution in [0.2, 0.25) is 0 Å². The molecule has 67 heavy (non-hydrogen) atoms. The number of unbranched alkanes of at least 4 members (excludes halogenated alkanes) is 1. The Balaban J connectivity index is 2.19. The van der Waals surface area contributed by atoms with E-state index in [-0.39, 0.29) is 25.1 Å². The first-order valence-electron chi connectivity index (χ1n) is 22.8. The molecule has 3 unspecified atom stereocenters. The molecular formula is C45H73N9O12S. The van der Waals surface area contributed by atoms with Crippen molar-refractivity contribution in [2.75, 3.05) is 25.4 Å². The van der Waals surface area contributed by atoms with Crippen molar-refractivity contribution < 1.29 is 58.5 Å². The highest BCUT2D eigenvalue weighted by Gasteiger charge is 2.38. The fourth-order valence-electron chi connectivity index (χ4n) is 7.35. The number of rotatable bonds is 28. The number of carbonyl (C=O) groups excluding carboxylic acids is 8. The highest BCUT2D eigenvalue weighted by molar-refractivity contribution is 7.80. The third kappa shape index (κ3) is 19.1. The summed E-state index contributed by atoms with van der Waals surface area (Å²) < 4.78 is 0. The molecule has 1 fully saturated rings. The monoisotopic (exact) mass is 964 g/mol. The standard InChI is InChI=1S/C45H73N9O12S/c1-9-10-17-30(40(60)51-33(23-67)45(65)66)49-43(63)36(24(2)3)53-44(64)37(25(4)5)52-42(62)34-18-14-19-54(34)21-35(57)31(20-29-15-12-11-13-16-29)50-39(59)27(7)46-38(58)26(6)47-41(61)32(22-55)48-28(8)56/h11-13,15-16,24-27,30-37,55,57,67H,9-10,14,17-23H2,1-8H3,(H,46,58)(H,47,61)(H,48,56)(H,49,63)(H,50,59)(H,51,60)(H,52,62)(H,53,64)(H,65,66)/t26-,27-,30-,31?,32-,33-,34?,35?,36-,37-/m0/s1. The van der Waals surface area contributed by atoms with Crippen molar-refractivity contribution in [2.24, 2.45) is 11.8 Å². The van der Waals surface area contributed by atoms with Crippen LogP contribution in [0.25, 0.3) is 0 Å². The van der Waals surface area contributed by atoms with E-state index in [9.17, 15) is 58.5 Å². The quantitative estimate of drug-likeness (QED) is 0.0427. The third-order valence-corrected chi connectivity index (χ3v) is 11.7. The molecular weight excluding hydrogens is 891 g/mol.